The lowest BCUT2D eigenvalue weighted by molar-refractivity contribution is -0.133. The predicted molar refractivity (Wildman–Crippen MR) is 114 cm³/mol. The molecule has 9 heteroatoms. The molecule has 2 aromatic rings. The van der Waals surface area contributed by atoms with Crippen LogP contribution < -0.4 is 4.31 Å². The molecule has 0 saturated carbocycles. The Hall–Kier alpha value is -2.39. The zero-order valence-electron chi connectivity index (χ0n) is 16.0. The molecular formula is C20H22BrN3O4S. The van der Waals surface area contributed by atoms with Crippen molar-refractivity contribution >= 4 is 44.0 Å². The van der Waals surface area contributed by atoms with E-state index in [0.717, 1.165) is 20.8 Å². The molecule has 2 amide bonds. The van der Waals surface area contributed by atoms with E-state index in [9.17, 15) is 18.0 Å². The van der Waals surface area contributed by atoms with Gasteiger partial charge in [-0.3, -0.25) is 13.9 Å². The van der Waals surface area contributed by atoms with Gasteiger partial charge >= 0.3 is 0 Å². The minimum atomic E-state index is -3.93. The van der Waals surface area contributed by atoms with E-state index in [4.69, 9.17) is 0 Å². The van der Waals surface area contributed by atoms with Crippen LogP contribution in [0.25, 0.3) is 0 Å². The second-order valence-corrected chi connectivity index (χ2v) is 9.60. The summed E-state index contributed by atoms with van der Waals surface area (Å²) in [6.45, 7) is 3.23. The molecule has 0 bridgehead atoms. The minimum absolute atomic E-state index is 0.129. The monoisotopic (exact) mass is 479 g/mol. The molecule has 1 fully saturated rings. The molecule has 154 valence electrons. The van der Waals surface area contributed by atoms with Gasteiger partial charge in [0, 0.05) is 30.7 Å². The number of carbonyl (C=O) groups excluding carboxylic acids is 2. The molecule has 29 heavy (non-hydrogen) atoms. The van der Waals surface area contributed by atoms with Gasteiger partial charge in [-0.2, -0.15) is 0 Å². The minimum Gasteiger partial charge on any atom is -0.342 e. The number of anilines is 1. The molecule has 0 N–H and O–H groups in total. The van der Waals surface area contributed by atoms with Gasteiger partial charge in [0.2, 0.25) is 12.3 Å². The Morgan fingerprint density at radius 1 is 1.03 bits per heavy atom. The lowest BCUT2D eigenvalue weighted by Crippen LogP contribution is -2.51. The van der Waals surface area contributed by atoms with Crippen LogP contribution >= 0.6 is 15.9 Å². The fourth-order valence-corrected chi connectivity index (χ4v) is 4.74. The Kier molecular flexibility index (Phi) is 6.59. The summed E-state index contributed by atoms with van der Waals surface area (Å²) in [6.07, 6.45) is 0.762. The molecule has 1 aliphatic heterocycles. The maximum atomic E-state index is 13.3. The molecule has 1 aliphatic rings. The highest BCUT2D eigenvalue weighted by Crippen LogP contribution is 2.26. The van der Waals surface area contributed by atoms with Crippen LogP contribution in [-0.2, 0) is 19.6 Å². The van der Waals surface area contributed by atoms with Gasteiger partial charge in [0.05, 0.1) is 10.6 Å². The number of amides is 2. The lowest BCUT2D eigenvalue weighted by atomic mass is 10.2. The molecular weight excluding hydrogens is 458 g/mol. The van der Waals surface area contributed by atoms with E-state index in [1.165, 1.54) is 0 Å². The molecule has 0 unspecified atom stereocenters. The van der Waals surface area contributed by atoms with Gasteiger partial charge in [-0.05, 0) is 43.3 Å². The van der Waals surface area contributed by atoms with E-state index in [-0.39, 0.29) is 17.3 Å². The first-order valence-corrected chi connectivity index (χ1v) is 11.4. The fourth-order valence-electron chi connectivity index (χ4n) is 3.06. The molecule has 0 radical (unpaired) electrons. The molecule has 2 aromatic carbocycles. The predicted octanol–water partition coefficient (Wildman–Crippen LogP) is 2.25. The van der Waals surface area contributed by atoms with E-state index in [1.54, 1.807) is 58.3 Å². The summed E-state index contributed by atoms with van der Waals surface area (Å²) in [5, 5.41) is 0. The van der Waals surface area contributed by atoms with E-state index < -0.39 is 10.0 Å². The van der Waals surface area contributed by atoms with E-state index in [1.807, 2.05) is 6.92 Å². The Balaban J connectivity index is 1.89. The number of hydrogen-bond donors (Lipinski definition) is 0. The number of sulfonamides is 1. The molecule has 1 heterocycles. The molecule has 0 atom stereocenters. The van der Waals surface area contributed by atoms with Crippen LogP contribution in [0.15, 0.2) is 57.9 Å². The van der Waals surface area contributed by atoms with E-state index in [2.05, 4.69) is 15.9 Å². The molecule has 0 aromatic heterocycles. The van der Waals surface area contributed by atoms with Crippen molar-refractivity contribution in [2.45, 2.75) is 11.8 Å². The first-order valence-electron chi connectivity index (χ1n) is 9.13. The largest absolute Gasteiger partial charge is 0.342 e. The van der Waals surface area contributed by atoms with Crippen molar-refractivity contribution in [1.82, 2.24) is 9.80 Å². The Labute approximate surface area is 179 Å². The third-order valence-electron chi connectivity index (χ3n) is 4.82. The standard InChI is InChI=1S/C20H22BrN3O4S/c1-16-2-8-19(9-3-16)29(27,28)24(18-6-4-17(21)5-7-18)14-20(26)23-12-10-22(15-25)11-13-23/h2-9,15H,10-14H2,1H3. The molecule has 7 nitrogen and oxygen atoms in total. The van der Waals surface area contributed by atoms with Crippen molar-refractivity contribution in [2.75, 3.05) is 37.0 Å². The van der Waals surface area contributed by atoms with Gasteiger partial charge in [-0.1, -0.05) is 33.6 Å². The van der Waals surface area contributed by atoms with Crippen molar-refractivity contribution in [3.8, 4) is 0 Å². The Bertz CT molecular complexity index is 970. The Morgan fingerprint density at radius 2 is 1.62 bits per heavy atom. The maximum absolute atomic E-state index is 13.3. The van der Waals surface area contributed by atoms with Crippen molar-refractivity contribution in [1.29, 1.82) is 0 Å². The lowest BCUT2D eigenvalue weighted by Gasteiger charge is -2.34. The first kappa shape index (κ1) is 21.3. The van der Waals surface area contributed by atoms with Crippen molar-refractivity contribution in [3.63, 3.8) is 0 Å². The second kappa shape index (κ2) is 8.96. The molecule has 3 rings (SSSR count). The van der Waals surface area contributed by atoms with Gasteiger partial charge in [-0.15, -0.1) is 0 Å². The highest BCUT2D eigenvalue weighted by atomic mass is 79.9. The summed E-state index contributed by atoms with van der Waals surface area (Å²) in [5.74, 6) is -0.297. The fraction of sp³-hybridized carbons (Fsp3) is 0.300. The average Bonchev–Trinajstić information content (AvgIpc) is 2.73. The van der Waals surface area contributed by atoms with Crippen LogP contribution in [-0.4, -0.2) is 63.3 Å². The number of halogens is 1. The zero-order chi connectivity index (χ0) is 21.0. The first-order chi connectivity index (χ1) is 13.8. The number of piperazine rings is 1. The molecule has 0 spiro atoms. The van der Waals surface area contributed by atoms with Gasteiger partial charge in [0.25, 0.3) is 10.0 Å². The van der Waals surface area contributed by atoms with Gasteiger partial charge in [0.15, 0.2) is 0 Å². The number of nitrogens with zero attached hydrogens (tertiary/aromatic N) is 3. The zero-order valence-corrected chi connectivity index (χ0v) is 18.4. The summed E-state index contributed by atoms with van der Waals surface area (Å²) >= 11 is 3.35. The van der Waals surface area contributed by atoms with Crippen LogP contribution in [0.3, 0.4) is 0 Å². The number of aryl methyl sites for hydroxylation is 1. The summed E-state index contributed by atoms with van der Waals surface area (Å²) in [6, 6.07) is 13.3. The van der Waals surface area contributed by atoms with Crippen LogP contribution in [0.2, 0.25) is 0 Å². The summed E-state index contributed by atoms with van der Waals surface area (Å²) < 4.78 is 28.6. The van der Waals surface area contributed by atoms with Crippen molar-refractivity contribution in [2.24, 2.45) is 0 Å². The maximum Gasteiger partial charge on any atom is 0.264 e. The quantitative estimate of drug-likeness (QED) is 0.595. The second-order valence-electron chi connectivity index (χ2n) is 6.82. The van der Waals surface area contributed by atoms with Crippen molar-refractivity contribution < 1.29 is 18.0 Å². The number of hydrogen-bond acceptors (Lipinski definition) is 4. The number of rotatable bonds is 6. The topological polar surface area (TPSA) is 78.0 Å². The van der Waals surface area contributed by atoms with Crippen LogP contribution in [0.4, 0.5) is 5.69 Å². The van der Waals surface area contributed by atoms with E-state index in [0.29, 0.717) is 31.9 Å². The normalized spacial score (nSPS) is 14.6. The van der Waals surface area contributed by atoms with Crippen LogP contribution in [0.5, 0.6) is 0 Å². The van der Waals surface area contributed by atoms with E-state index >= 15 is 0 Å². The van der Waals surface area contributed by atoms with Crippen molar-refractivity contribution in [3.05, 3.63) is 58.6 Å². The summed E-state index contributed by atoms with van der Waals surface area (Å²) in [5.41, 5.74) is 1.36. The average molecular weight is 480 g/mol. The third-order valence-corrected chi connectivity index (χ3v) is 7.14. The third kappa shape index (κ3) is 4.97. The van der Waals surface area contributed by atoms with Crippen LogP contribution in [0.1, 0.15) is 5.56 Å². The van der Waals surface area contributed by atoms with Gasteiger partial charge in [0.1, 0.15) is 6.54 Å². The summed E-state index contributed by atoms with van der Waals surface area (Å²) in [4.78, 5) is 27.1. The van der Waals surface area contributed by atoms with Gasteiger partial charge in [-0.25, -0.2) is 8.42 Å². The highest BCUT2D eigenvalue weighted by Gasteiger charge is 2.30. The van der Waals surface area contributed by atoms with Gasteiger partial charge < -0.3 is 9.80 Å². The molecule has 1 saturated heterocycles. The number of benzene rings is 2. The SMILES string of the molecule is Cc1ccc(S(=O)(=O)N(CC(=O)N2CCN(C=O)CC2)c2ccc(Br)cc2)cc1. The smallest absolute Gasteiger partial charge is 0.264 e. The Morgan fingerprint density at radius 3 is 2.17 bits per heavy atom. The number of carbonyl (C=O) groups is 2. The summed E-state index contributed by atoms with van der Waals surface area (Å²) in [7, 11) is -3.93. The van der Waals surface area contributed by atoms with Crippen LogP contribution in [0, 0.1) is 6.92 Å². The molecule has 0 aliphatic carbocycles. The highest BCUT2D eigenvalue weighted by molar-refractivity contribution is 9.10.